The van der Waals surface area contributed by atoms with Gasteiger partial charge in [-0.3, -0.25) is 14.9 Å². The molecule has 0 aliphatic heterocycles. The van der Waals surface area contributed by atoms with E-state index in [2.05, 4.69) is 19.2 Å². The summed E-state index contributed by atoms with van der Waals surface area (Å²) in [6.07, 6.45) is 1.94. The number of nitro benzene ring substituents is 1. The number of carbonyl (C=O) groups is 1. The molecule has 0 fully saturated rings. The standard InChI is InChI=1S/C14H19ClN2O3/c1-4-9(2)7-10(3)16-14(18)12-6-5-11(17(19)20)8-13(12)15/h5-6,8-10H,4,7H2,1-3H3,(H,16,18). The molecule has 110 valence electrons. The highest BCUT2D eigenvalue weighted by Gasteiger charge is 2.17. The molecule has 1 amide bonds. The van der Waals surface area contributed by atoms with Crippen LogP contribution < -0.4 is 5.32 Å². The molecule has 0 radical (unpaired) electrons. The van der Waals surface area contributed by atoms with E-state index in [4.69, 9.17) is 11.6 Å². The molecule has 2 atom stereocenters. The van der Waals surface area contributed by atoms with Crippen molar-refractivity contribution in [3.63, 3.8) is 0 Å². The highest BCUT2D eigenvalue weighted by molar-refractivity contribution is 6.34. The summed E-state index contributed by atoms with van der Waals surface area (Å²) in [5, 5.41) is 13.6. The van der Waals surface area contributed by atoms with Crippen molar-refractivity contribution in [2.75, 3.05) is 0 Å². The molecule has 6 heteroatoms. The number of carbonyl (C=O) groups excluding carboxylic acids is 1. The molecule has 0 aromatic heterocycles. The smallest absolute Gasteiger partial charge is 0.270 e. The van der Waals surface area contributed by atoms with Crippen LogP contribution in [0.4, 0.5) is 5.69 Å². The fraction of sp³-hybridized carbons (Fsp3) is 0.500. The predicted molar refractivity (Wildman–Crippen MR) is 79.1 cm³/mol. The maximum atomic E-state index is 12.1. The molecule has 0 aliphatic carbocycles. The Labute approximate surface area is 123 Å². The number of halogens is 1. The second-order valence-electron chi connectivity index (χ2n) is 5.04. The van der Waals surface area contributed by atoms with Crippen LogP contribution in [0.1, 0.15) is 44.0 Å². The Kier molecular flexibility index (Phi) is 5.95. The van der Waals surface area contributed by atoms with Crippen LogP contribution in [0.5, 0.6) is 0 Å². The van der Waals surface area contributed by atoms with Gasteiger partial charge in [-0.25, -0.2) is 0 Å². The van der Waals surface area contributed by atoms with Gasteiger partial charge in [0.1, 0.15) is 0 Å². The van der Waals surface area contributed by atoms with Crippen LogP contribution in [0.3, 0.4) is 0 Å². The van der Waals surface area contributed by atoms with Gasteiger partial charge in [0.25, 0.3) is 11.6 Å². The highest BCUT2D eigenvalue weighted by atomic mass is 35.5. The molecule has 0 spiro atoms. The quantitative estimate of drug-likeness (QED) is 0.641. The van der Waals surface area contributed by atoms with E-state index in [0.29, 0.717) is 5.92 Å². The van der Waals surface area contributed by atoms with Crippen LogP contribution in [0.2, 0.25) is 5.02 Å². The maximum Gasteiger partial charge on any atom is 0.270 e. The largest absolute Gasteiger partial charge is 0.350 e. The maximum absolute atomic E-state index is 12.1. The van der Waals surface area contributed by atoms with Crippen molar-refractivity contribution in [1.29, 1.82) is 0 Å². The zero-order valence-electron chi connectivity index (χ0n) is 11.9. The molecule has 1 aromatic carbocycles. The summed E-state index contributed by atoms with van der Waals surface area (Å²) in [4.78, 5) is 22.1. The number of nitrogens with one attached hydrogen (secondary N) is 1. The Hall–Kier alpha value is -1.62. The Morgan fingerprint density at radius 1 is 1.45 bits per heavy atom. The van der Waals surface area contributed by atoms with E-state index in [1.165, 1.54) is 18.2 Å². The second-order valence-corrected chi connectivity index (χ2v) is 5.45. The van der Waals surface area contributed by atoms with Crippen LogP contribution in [-0.2, 0) is 0 Å². The summed E-state index contributed by atoms with van der Waals surface area (Å²) >= 11 is 5.92. The molecule has 1 N–H and O–H groups in total. The molecule has 0 aliphatic rings. The van der Waals surface area contributed by atoms with Crippen molar-refractivity contribution in [1.82, 2.24) is 5.32 Å². The molecule has 1 aromatic rings. The van der Waals surface area contributed by atoms with Crippen molar-refractivity contribution >= 4 is 23.2 Å². The fourth-order valence-corrected chi connectivity index (χ4v) is 2.19. The lowest BCUT2D eigenvalue weighted by Crippen LogP contribution is -2.33. The summed E-state index contributed by atoms with van der Waals surface area (Å²) in [6.45, 7) is 6.16. The third-order valence-corrected chi connectivity index (χ3v) is 3.55. The average molecular weight is 299 g/mol. The van der Waals surface area contributed by atoms with E-state index in [9.17, 15) is 14.9 Å². The number of rotatable bonds is 6. The fourth-order valence-electron chi connectivity index (χ4n) is 1.93. The first kappa shape index (κ1) is 16.4. The van der Waals surface area contributed by atoms with Crippen molar-refractivity contribution in [3.8, 4) is 0 Å². The van der Waals surface area contributed by atoms with E-state index in [-0.39, 0.29) is 28.2 Å². The lowest BCUT2D eigenvalue weighted by atomic mass is 10.00. The third kappa shape index (κ3) is 4.49. The Balaban J connectivity index is 2.75. The van der Waals surface area contributed by atoms with E-state index in [1.54, 1.807) is 0 Å². The van der Waals surface area contributed by atoms with Crippen molar-refractivity contribution in [3.05, 3.63) is 38.9 Å². The predicted octanol–water partition coefficient (Wildman–Crippen LogP) is 3.80. The topological polar surface area (TPSA) is 72.2 Å². The highest BCUT2D eigenvalue weighted by Crippen LogP contribution is 2.22. The molecule has 5 nitrogen and oxygen atoms in total. The van der Waals surface area contributed by atoms with Gasteiger partial charge in [-0.1, -0.05) is 31.9 Å². The zero-order valence-corrected chi connectivity index (χ0v) is 12.6. The number of non-ortho nitro benzene ring substituents is 1. The van der Waals surface area contributed by atoms with Gasteiger partial charge in [0.05, 0.1) is 15.5 Å². The van der Waals surface area contributed by atoms with E-state index < -0.39 is 4.92 Å². The molecule has 1 rings (SSSR count). The second kappa shape index (κ2) is 7.24. The van der Waals surface area contributed by atoms with Crippen LogP contribution in [0.25, 0.3) is 0 Å². The SMILES string of the molecule is CCC(C)CC(C)NC(=O)c1ccc([N+](=O)[O-])cc1Cl. The van der Waals surface area contributed by atoms with Gasteiger partial charge in [-0.2, -0.15) is 0 Å². The van der Waals surface area contributed by atoms with Gasteiger partial charge < -0.3 is 5.32 Å². The molecule has 0 saturated heterocycles. The number of benzene rings is 1. The summed E-state index contributed by atoms with van der Waals surface area (Å²) in [5.41, 5.74) is 0.132. The Morgan fingerprint density at radius 2 is 2.10 bits per heavy atom. The van der Waals surface area contributed by atoms with Crippen LogP contribution in [0, 0.1) is 16.0 Å². The van der Waals surface area contributed by atoms with E-state index >= 15 is 0 Å². The van der Waals surface area contributed by atoms with Gasteiger partial charge >= 0.3 is 0 Å². The van der Waals surface area contributed by atoms with Crippen molar-refractivity contribution in [2.45, 2.75) is 39.7 Å². The molecule has 0 saturated carbocycles. The molecule has 2 unspecified atom stereocenters. The van der Waals surface area contributed by atoms with Gasteiger partial charge in [-0.15, -0.1) is 0 Å². The van der Waals surface area contributed by atoms with Crippen LogP contribution >= 0.6 is 11.6 Å². The lowest BCUT2D eigenvalue weighted by molar-refractivity contribution is -0.384. The lowest BCUT2D eigenvalue weighted by Gasteiger charge is -2.17. The minimum Gasteiger partial charge on any atom is -0.350 e. The number of hydrogen-bond acceptors (Lipinski definition) is 3. The van der Waals surface area contributed by atoms with Gasteiger partial charge in [-0.05, 0) is 25.3 Å². The molecular formula is C14H19ClN2O3. The van der Waals surface area contributed by atoms with Crippen LogP contribution in [-0.4, -0.2) is 16.9 Å². The number of hydrogen-bond donors (Lipinski definition) is 1. The summed E-state index contributed by atoms with van der Waals surface area (Å²) in [7, 11) is 0. The number of nitro groups is 1. The summed E-state index contributed by atoms with van der Waals surface area (Å²) < 4.78 is 0. The minimum atomic E-state index is -0.543. The van der Waals surface area contributed by atoms with Gasteiger partial charge in [0, 0.05) is 18.2 Å². The summed E-state index contributed by atoms with van der Waals surface area (Å²) in [5.74, 6) is 0.221. The third-order valence-electron chi connectivity index (χ3n) is 3.24. The summed E-state index contributed by atoms with van der Waals surface area (Å²) in [6, 6.07) is 3.88. The first-order valence-electron chi connectivity index (χ1n) is 6.60. The molecule has 0 bridgehead atoms. The van der Waals surface area contributed by atoms with Crippen molar-refractivity contribution < 1.29 is 9.72 Å². The van der Waals surface area contributed by atoms with Crippen LogP contribution in [0.15, 0.2) is 18.2 Å². The first-order chi connectivity index (χ1) is 9.35. The van der Waals surface area contributed by atoms with Gasteiger partial charge in [0.2, 0.25) is 0 Å². The van der Waals surface area contributed by atoms with Gasteiger partial charge in [0.15, 0.2) is 0 Å². The first-order valence-corrected chi connectivity index (χ1v) is 6.97. The van der Waals surface area contributed by atoms with E-state index in [0.717, 1.165) is 12.8 Å². The number of nitrogens with zero attached hydrogens (tertiary/aromatic N) is 1. The van der Waals surface area contributed by atoms with Crippen molar-refractivity contribution in [2.24, 2.45) is 5.92 Å². The zero-order chi connectivity index (χ0) is 15.3. The monoisotopic (exact) mass is 298 g/mol. The molecule has 20 heavy (non-hydrogen) atoms. The average Bonchev–Trinajstić information content (AvgIpc) is 2.37. The Morgan fingerprint density at radius 3 is 2.60 bits per heavy atom. The number of amides is 1. The van der Waals surface area contributed by atoms with E-state index in [1.807, 2.05) is 6.92 Å². The molecule has 0 heterocycles. The Bertz CT molecular complexity index is 505. The molecular weight excluding hydrogens is 280 g/mol. The normalized spacial score (nSPS) is 13.6. The minimum absolute atomic E-state index is 0.0312.